The van der Waals surface area contributed by atoms with Crippen LogP contribution in [0.1, 0.15) is 87.8 Å². The first-order valence-electron chi connectivity index (χ1n) is 15.7. The van der Waals surface area contributed by atoms with Crippen LogP contribution in [0.3, 0.4) is 0 Å². The third kappa shape index (κ3) is 11.8. The Kier molecular flexibility index (Phi) is 14.1. The molecule has 0 amide bonds. The van der Waals surface area contributed by atoms with Gasteiger partial charge in [-0.25, -0.2) is 0 Å². The molecule has 39 heavy (non-hydrogen) atoms. The maximum Gasteiger partial charge on any atom is 0.0814 e. The molecule has 2 heteroatoms. The van der Waals surface area contributed by atoms with E-state index in [0.717, 1.165) is 4.48 Å². The summed E-state index contributed by atoms with van der Waals surface area (Å²) >= 11 is 0. The second-order valence-electron chi connectivity index (χ2n) is 13.4. The zero-order valence-electron chi connectivity index (χ0n) is 26.7. The first-order valence-corrected chi connectivity index (χ1v) is 15.7. The second kappa shape index (κ2) is 16.7. The van der Waals surface area contributed by atoms with E-state index in [2.05, 4.69) is 129 Å². The Hall–Kier alpha value is -2.32. The van der Waals surface area contributed by atoms with E-state index in [1.807, 2.05) is 0 Å². The third-order valence-electron chi connectivity index (χ3n) is 7.93. The van der Waals surface area contributed by atoms with E-state index in [-0.39, 0.29) is 0 Å². The number of benzene rings is 3. The smallest absolute Gasteiger partial charge is 0.0814 e. The summed E-state index contributed by atoms with van der Waals surface area (Å²) in [6, 6.07) is 28.2. The summed E-state index contributed by atoms with van der Waals surface area (Å²) in [4.78, 5) is 0. The van der Waals surface area contributed by atoms with Crippen LogP contribution in [0, 0.1) is 20.8 Å². The van der Waals surface area contributed by atoms with Crippen molar-refractivity contribution in [1.82, 2.24) is 0 Å². The molecule has 3 aromatic carbocycles. The lowest BCUT2D eigenvalue weighted by Crippen LogP contribution is -2.67. The molecule has 0 spiro atoms. The summed E-state index contributed by atoms with van der Waals surface area (Å²) in [6.07, 6.45) is 14.0. The molecule has 0 radical (unpaired) electrons. The fourth-order valence-corrected chi connectivity index (χ4v) is 5.70. The van der Waals surface area contributed by atoms with Gasteiger partial charge in [0.1, 0.15) is 0 Å². The van der Waals surface area contributed by atoms with Gasteiger partial charge in [-0.05, 0) is 20.8 Å². The molecule has 0 saturated carbocycles. The largest absolute Gasteiger partial charge is 0.333 e. The molecular weight excluding hydrogens is 469 g/mol. The minimum atomic E-state index is -0.993. The molecule has 0 aliphatic heterocycles. The SMILES string of the molecule is CCCCCCCCCCCC[B-](c1ccc(C)cc1)(c1ccc(C)cc1)c1ccc(C)cc1.C[N+](C)(C)C. The van der Waals surface area contributed by atoms with Crippen LogP contribution in [0.4, 0.5) is 0 Å². The van der Waals surface area contributed by atoms with Crippen molar-refractivity contribution >= 4 is 22.5 Å². The predicted molar refractivity (Wildman–Crippen MR) is 179 cm³/mol. The standard InChI is InChI=1S/C33H46B.C4H12N/c1-5-6-7-8-9-10-11-12-13-14-27-34(31-21-15-28(2)16-22-31,32-23-17-29(3)18-24-32)33-25-19-30(4)20-26-33;1-5(2,3)4/h15-26H,5-14,27H2,1-4H3;1-4H3/q-1;+1. The van der Waals surface area contributed by atoms with Crippen molar-refractivity contribution in [3.8, 4) is 0 Å². The van der Waals surface area contributed by atoms with E-state index in [9.17, 15) is 0 Å². The van der Waals surface area contributed by atoms with E-state index in [4.69, 9.17) is 0 Å². The minimum absolute atomic E-state index is 0.993. The molecule has 0 saturated heterocycles. The summed E-state index contributed by atoms with van der Waals surface area (Å²) in [5, 5.41) is 0. The molecule has 0 fully saturated rings. The zero-order valence-corrected chi connectivity index (χ0v) is 26.7. The lowest BCUT2D eigenvalue weighted by Gasteiger charge is -2.43. The summed E-state index contributed by atoms with van der Waals surface area (Å²) in [5.41, 5.74) is 8.44. The van der Waals surface area contributed by atoms with E-state index < -0.39 is 6.15 Å². The minimum Gasteiger partial charge on any atom is -0.333 e. The van der Waals surface area contributed by atoms with E-state index in [1.54, 1.807) is 0 Å². The van der Waals surface area contributed by atoms with Crippen LogP contribution in [0.2, 0.25) is 6.32 Å². The summed E-state index contributed by atoms with van der Waals surface area (Å²) in [6.45, 7) is 8.88. The van der Waals surface area contributed by atoms with Crippen molar-refractivity contribution in [2.75, 3.05) is 28.2 Å². The molecule has 0 bridgehead atoms. The molecule has 0 atom stereocenters. The maximum atomic E-state index is 2.39. The van der Waals surface area contributed by atoms with Crippen LogP contribution in [0.5, 0.6) is 0 Å². The monoisotopic (exact) mass is 527 g/mol. The van der Waals surface area contributed by atoms with Gasteiger partial charge >= 0.3 is 0 Å². The van der Waals surface area contributed by atoms with Crippen LogP contribution in [0.15, 0.2) is 72.8 Å². The highest BCUT2D eigenvalue weighted by atomic mass is 15.2. The van der Waals surface area contributed by atoms with Crippen LogP contribution in [-0.4, -0.2) is 38.8 Å². The summed E-state index contributed by atoms with van der Waals surface area (Å²) < 4.78 is 1.00. The first kappa shape index (κ1) is 32.9. The van der Waals surface area contributed by atoms with E-state index in [1.165, 1.54) is 104 Å². The lowest BCUT2D eigenvalue weighted by molar-refractivity contribution is -0.849. The number of nitrogens with zero attached hydrogens (tertiary/aromatic N) is 1. The Balaban J connectivity index is 0.000000976. The van der Waals surface area contributed by atoms with Crippen molar-refractivity contribution in [2.24, 2.45) is 0 Å². The van der Waals surface area contributed by atoms with Gasteiger partial charge in [-0.15, -0.1) is 0 Å². The van der Waals surface area contributed by atoms with Crippen molar-refractivity contribution in [2.45, 2.75) is 98.2 Å². The highest BCUT2D eigenvalue weighted by Gasteiger charge is 2.29. The van der Waals surface area contributed by atoms with Crippen molar-refractivity contribution in [3.63, 3.8) is 0 Å². The Bertz CT molecular complexity index is 926. The number of hydrogen-bond donors (Lipinski definition) is 0. The van der Waals surface area contributed by atoms with Crippen molar-refractivity contribution in [1.29, 1.82) is 0 Å². The number of quaternary nitrogens is 1. The van der Waals surface area contributed by atoms with Crippen molar-refractivity contribution in [3.05, 3.63) is 89.5 Å². The molecule has 3 rings (SSSR count). The molecular formula is C37H58BN. The van der Waals surface area contributed by atoms with Gasteiger partial charge in [-0.2, -0.15) is 22.7 Å². The van der Waals surface area contributed by atoms with Gasteiger partial charge in [0.15, 0.2) is 0 Å². The number of aryl methyl sites for hydroxylation is 3. The normalized spacial score (nSPS) is 11.7. The van der Waals surface area contributed by atoms with Gasteiger partial charge in [0, 0.05) is 0 Å². The molecule has 0 aliphatic rings. The number of hydrogen-bond acceptors (Lipinski definition) is 0. The lowest BCUT2D eigenvalue weighted by atomic mass is 9.14. The average molecular weight is 528 g/mol. The van der Waals surface area contributed by atoms with Crippen LogP contribution in [0.25, 0.3) is 0 Å². The van der Waals surface area contributed by atoms with Gasteiger partial charge in [0.25, 0.3) is 0 Å². The first-order chi connectivity index (χ1) is 18.6. The Morgan fingerprint density at radius 2 is 0.692 bits per heavy atom. The zero-order chi connectivity index (χ0) is 28.7. The molecule has 0 N–H and O–H groups in total. The molecule has 1 nitrogen and oxygen atoms in total. The van der Waals surface area contributed by atoms with E-state index in [0.29, 0.717) is 0 Å². The fraction of sp³-hybridized carbons (Fsp3) is 0.514. The summed E-state index contributed by atoms with van der Waals surface area (Å²) in [7, 11) is 8.50. The molecule has 0 aliphatic carbocycles. The molecule has 0 unspecified atom stereocenters. The average Bonchev–Trinajstić information content (AvgIpc) is 2.88. The molecule has 3 aromatic rings. The van der Waals surface area contributed by atoms with Gasteiger partial charge in [0.05, 0.1) is 34.3 Å². The molecule has 0 aromatic heterocycles. The Morgan fingerprint density at radius 3 is 0.974 bits per heavy atom. The Morgan fingerprint density at radius 1 is 0.436 bits per heavy atom. The van der Waals surface area contributed by atoms with Crippen LogP contribution in [-0.2, 0) is 0 Å². The predicted octanol–water partition coefficient (Wildman–Crippen LogP) is 8.33. The van der Waals surface area contributed by atoms with Crippen LogP contribution < -0.4 is 16.4 Å². The molecule has 0 heterocycles. The quantitative estimate of drug-likeness (QED) is 0.112. The third-order valence-corrected chi connectivity index (χ3v) is 7.93. The fourth-order valence-electron chi connectivity index (χ4n) is 5.70. The molecule has 214 valence electrons. The van der Waals surface area contributed by atoms with Gasteiger partial charge in [-0.1, -0.05) is 161 Å². The maximum absolute atomic E-state index is 2.39. The van der Waals surface area contributed by atoms with E-state index >= 15 is 0 Å². The number of unbranched alkanes of at least 4 members (excludes halogenated alkanes) is 9. The van der Waals surface area contributed by atoms with Gasteiger partial charge in [-0.3, -0.25) is 0 Å². The topological polar surface area (TPSA) is 0 Å². The second-order valence-corrected chi connectivity index (χ2v) is 13.4. The highest BCUT2D eigenvalue weighted by molar-refractivity contribution is 7.11. The number of rotatable bonds is 14. The van der Waals surface area contributed by atoms with Crippen LogP contribution >= 0.6 is 0 Å². The van der Waals surface area contributed by atoms with Gasteiger partial charge < -0.3 is 4.48 Å². The van der Waals surface area contributed by atoms with Gasteiger partial charge in [0.2, 0.25) is 0 Å². The summed E-state index contributed by atoms with van der Waals surface area (Å²) in [5.74, 6) is 0. The van der Waals surface area contributed by atoms with Crippen molar-refractivity contribution < 1.29 is 4.48 Å². The highest BCUT2D eigenvalue weighted by Crippen LogP contribution is 2.20. The Labute approximate surface area is 242 Å².